The summed E-state index contributed by atoms with van der Waals surface area (Å²) in [6.45, 7) is 0. The van der Waals surface area contributed by atoms with Crippen LogP contribution in [0.3, 0.4) is 0 Å². The number of hydrogen-bond donors (Lipinski definition) is 1. The second-order valence-corrected chi connectivity index (χ2v) is 7.53. The van der Waals surface area contributed by atoms with Crippen molar-refractivity contribution in [3.63, 3.8) is 0 Å². The van der Waals surface area contributed by atoms with E-state index < -0.39 is 15.4 Å². The van der Waals surface area contributed by atoms with E-state index >= 15 is 0 Å². The van der Waals surface area contributed by atoms with Crippen molar-refractivity contribution in [1.82, 2.24) is 0 Å². The van der Waals surface area contributed by atoms with Crippen LogP contribution in [0.25, 0.3) is 21.5 Å². The molecule has 1 N–H and O–H groups in total. The quantitative estimate of drug-likeness (QED) is 0.403. The summed E-state index contributed by atoms with van der Waals surface area (Å²) in [7, 11) is -4.35. The smallest absolute Gasteiger partial charge is 1.00 e. The molecule has 0 atom stereocenters. The molecule has 3 nitrogen and oxygen atoms in total. The molecule has 0 spiro atoms. The van der Waals surface area contributed by atoms with E-state index in [4.69, 9.17) is 0 Å². The van der Waals surface area contributed by atoms with E-state index in [2.05, 4.69) is 0 Å². The monoisotopic (exact) mass is 390 g/mol. The van der Waals surface area contributed by atoms with Crippen LogP contribution in [0.1, 0.15) is 19.2 Å². The molecule has 0 saturated heterocycles. The molecule has 0 radical (unpaired) electrons. The van der Waals surface area contributed by atoms with Crippen molar-refractivity contribution >= 4 is 69.4 Å². The number of benzene rings is 4. The SMILES string of the molecule is O=S(=O)(O)C(c1cccc2ccccc12)c1cccc2ccccc12.[Ca+2].[H-].[H-]. The Hall–Kier alpha value is -1.43. The minimum absolute atomic E-state index is 0. The molecule has 0 bridgehead atoms. The molecule has 0 heterocycles. The average molecular weight is 391 g/mol. The largest absolute Gasteiger partial charge is 2.00 e. The fourth-order valence-corrected chi connectivity index (χ4v) is 4.50. The van der Waals surface area contributed by atoms with E-state index in [1.165, 1.54) is 0 Å². The molecule has 4 aromatic carbocycles. The Bertz CT molecular complexity index is 1110. The van der Waals surface area contributed by atoms with Crippen LogP contribution in [0.5, 0.6) is 0 Å². The zero-order valence-corrected chi connectivity index (χ0v) is 17.1. The third-order valence-corrected chi connectivity index (χ3v) is 5.61. The van der Waals surface area contributed by atoms with E-state index in [9.17, 15) is 13.0 Å². The van der Waals surface area contributed by atoms with Gasteiger partial charge in [0.25, 0.3) is 10.1 Å². The Morgan fingerprint density at radius 2 is 1.04 bits per heavy atom. The molecule has 26 heavy (non-hydrogen) atoms. The van der Waals surface area contributed by atoms with Crippen molar-refractivity contribution in [2.75, 3.05) is 0 Å². The van der Waals surface area contributed by atoms with Gasteiger partial charge in [-0.2, -0.15) is 8.42 Å². The Labute approximate surface area is 185 Å². The fraction of sp³-hybridized carbons (Fsp3) is 0.0476. The van der Waals surface area contributed by atoms with E-state index in [1.807, 2.05) is 72.8 Å². The van der Waals surface area contributed by atoms with Crippen LogP contribution in [0.2, 0.25) is 0 Å². The summed E-state index contributed by atoms with van der Waals surface area (Å²) in [5.74, 6) is 0. The fourth-order valence-electron chi connectivity index (χ4n) is 3.45. The zero-order chi connectivity index (χ0) is 17.4. The second kappa shape index (κ2) is 7.67. The maximum absolute atomic E-state index is 12.4. The second-order valence-electron chi connectivity index (χ2n) is 6.03. The summed E-state index contributed by atoms with van der Waals surface area (Å²) in [5, 5.41) is 2.38. The first kappa shape index (κ1) is 19.3. The van der Waals surface area contributed by atoms with Crippen molar-refractivity contribution in [1.29, 1.82) is 0 Å². The molecule has 0 aliphatic rings. The number of hydrogen-bond acceptors (Lipinski definition) is 2. The van der Waals surface area contributed by atoms with Gasteiger partial charge in [-0.15, -0.1) is 0 Å². The molecule has 0 saturated carbocycles. The molecule has 0 aliphatic carbocycles. The van der Waals surface area contributed by atoms with Gasteiger partial charge in [0.2, 0.25) is 0 Å². The molecule has 5 heteroatoms. The predicted octanol–water partition coefficient (Wildman–Crippen LogP) is 4.81. The predicted molar refractivity (Wildman–Crippen MR) is 109 cm³/mol. The van der Waals surface area contributed by atoms with Crippen molar-refractivity contribution in [3.8, 4) is 0 Å². The summed E-state index contributed by atoms with van der Waals surface area (Å²) in [5.41, 5.74) is 1.16. The van der Waals surface area contributed by atoms with Gasteiger partial charge in [-0.3, -0.25) is 4.55 Å². The molecule has 128 valence electrons. The van der Waals surface area contributed by atoms with Crippen LogP contribution in [0.4, 0.5) is 0 Å². The minimum atomic E-state index is -4.35. The topological polar surface area (TPSA) is 54.4 Å². The van der Waals surface area contributed by atoms with Crippen LogP contribution in [-0.2, 0) is 10.1 Å². The van der Waals surface area contributed by atoms with Gasteiger partial charge in [-0.1, -0.05) is 84.9 Å². The Balaban J connectivity index is 0.00000131. The summed E-state index contributed by atoms with van der Waals surface area (Å²) in [4.78, 5) is 0. The van der Waals surface area contributed by atoms with Crippen LogP contribution in [-0.4, -0.2) is 50.7 Å². The van der Waals surface area contributed by atoms with Crippen molar-refractivity contribution in [2.24, 2.45) is 0 Å². The van der Waals surface area contributed by atoms with Gasteiger partial charge < -0.3 is 2.85 Å². The third-order valence-electron chi connectivity index (χ3n) is 4.51. The van der Waals surface area contributed by atoms with Crippen LogP contribution in [0.15, 0.2) is 84.9 Å². The molecule has 0 fully saturated rings. The van der Waals surface area contributed by atoms with Gasteiger partial charge in [0, 0.05) is 0 Å². The van der Waals surface area contributed by atoms with Gasteiger partial charge in [-0.05, 0) is 32.7 Å². The maximum Gasteiger partial charge on any atom is 2.00 e. The number of fused-ring (bicyclic) bond motifs is 2. The van der Waals surface area contributed by atoms with Crippen molar-refractivity contribution < 1.29 is 15.8 Å². The van der Waals surface area contributed by atoms with Crippen LogP contribution in [0, 0.1) is 0 Å². The van der Waals surface area contributed by atoms with E-state index in [-0.39, 0.29) is 40.6 Å². The van der Waals surface area contributed by atoms with Gasteiger partial charge in [0.05, 0.1) is 0 Å². The zero-order valence-electron chi connectivity index (χ0n) is 16.0. The summed E-state index contributed by atoms with van der Waals surface area (Å²) in [6.07, 6.45) is 0. The Morgan fingerprint density at radius 3 is 1.46 bits per heavy atom. The van der Waals surface area contributed by atoms with E-state index in [0.29, 0.717) is 11.1 Å². The maximum atomic E-state index is 12.4. The molecule has 0 aromatic heterocycles. The Morgan fingerprint density at radius 1 is 0.654 bits per heavy atom. The average Bonchev–Trinajstić information content (AvgIpc) is 2.61. The van der Waals surface area contributed by atoms with Crippen molar-refractivity contribution in [2.45, 2.75) is 5.25 Å². The summed E-state index contributed by atoms with van der Waals surface area (Å²) < 4.78 is 34.8. The Kier molecular flexibility index (Phi) is 5.70. The first-order valence-electron chi connectivity index (χ1n) is 7.97. The molecular formula is C21H18CaO3S. The van der Waals surface area contributed by atoms with Gasteiger partial charge in [0.1, 0.15) is 5.25 Å². The number of rotatable bonds is 3. The van der Waals surface area contributed by atoms with E-state index in [0.717, 1.165) is 21.5 Å². The molecule has 4 rings (SSSR count). The molecule has 0 aliphatic heterocycles. The summed E-state index contributed by atoms with van der Waals surface area (Å²) in [6, 6.07) is 26.2. The van der Waals surface area contributed by atoms with Crippen molar-refractivity contribution in [3.05, 3.63) is 96.1 Å². The van der Waals surface area contributed by atoms with Gasteiger partial charge in [-0.25, -0.2) is 0 Å². The molecule has 0 amide bonds. The third kappa shape index (κ3) is 3.53. The van der Waals surface area contributed by atoms with Gasteiger partial charge >= 0.3 is 37.7 Å². The first-order valence-corrected chi connectivity index (χ1v) is 9.47. The molecular weight excluding hydrogens is 372 g/mol. The van der Waals surface area contributed by atoms with E-state index in [1.54, 1.807) is 12.1 Å². The molecule has 0 unspecified atom stereocenters. The first-order chi connectivity index (χ1) is 12.1. The summed E-state index contributed by atoms with van der Waals surface area (Å²) >= 11 is 0. The van der Waals surface area contributed by atoms with Crippen LogP contribution < -0.4 is 0 Å². The minimum Gasteiger partial charge on any atom is -1.00 e. The van der Waals surface area contributed by atoms with Gasteiger partial charge in [0.15, 0.2) is 0 Å². The molecule has 4 aromatic rings. The van der Waals surface area contributed by atoms with Crippen LogP contribution >= 0.6 is 0 Å². The standard InChI is InChI=1S/C21H16O3S.Ca.2H/c22-25(23,24)21(19-13-5-9-15-7-1-3-11-17(15)19)20-14-6-10-16-8-2-4-12-18(16)20;;;/h1-14,21H,(H,22,23,24);;;/q;+2;2*-1. The normalized spacial score (nSPS) is 11.6.